The van der Waals surface area contributed by atoms with E-state index in [-0.39, 0.29) is 12.2 Å². The number of esters is 1. The minimum atomic E-state index is -3.35. The maximum Gasteiger partial charge on any atom is 0.306 e. The van der Waals surface area contributed by atoms with Crippen LogP contribution in [0.15, 0.2) is 0 Å². The van der Waals surface area contributed by atoms with E-state index >= 15 is 0 Å². The normalized spacial score (nSPS) is 11.7. The van der Waals surface area contributed by atoms with Crippen molar-refractivity contribution in [3.8, 4) is 0 Å². The van der Waals surface area contributed by atoms with Gasteiger partial charge in [0.25, 0.3) is 0 Å². The summed E-state index contributed by atoms with van der Waals surface area (Å²) in [5.41, 5.74) is 0. The molecule has 0 aliphatic heterocycles. The molecule has 90 valence electrons. The summed E-state index contributed by atoms with van der Waals surface area (Å²) < 4.78 is 28.7. The van der Waals surface area contributed by atoms with Crippen molar-refractivity contribution in [3.05, 3.63) is 0 Å². The van der Waals surface area contributed by atoms with Gasteiger partial charge in [-0.05, 0) is 7.05 Å². The fourth-order valence-corrected chi connectivity index (χ4v) is 1.98. The molecule has 7 heteroatoms. The van der Waals surface area contributed by atoms with Gasteiger partial charge in [0.05, 0.1) is 19.3 Å². The number of sulfonamides is 1. The first-order valence-electron chi connectivity index (χ1n) is 4.59. The van der Waals surface area contributed by atoms with Crippen molar-refractivity contribution in [2.75, 3.05) is 40.0 Å². The van der Waals surface area contributed by atoms with Crippen LogP contribution >= 0.6 is 0 Å². The van der Waals surface area contributed by atoms with E-state index in [4.69, 9.17) is 0 Å². The van der Waals surface area contributed by atoms with Gasteiger partial charge in [0.2, 0.25) is 10.0 Å². The molecule has 0 aliphatic rings. The first kappa shape index (κ1) is 14.3. The molecule has 0 aliphatic carbocycles. The molecule has 0 atom stereocenters. The monoisotopic (exact) mass is 238 g/mol. The zero-order chi connectivity index (χ0) is 11.9. The molecule has 0 aromatic heterocycles. The molecule has 0 aromatic carbocycles. The zero-order valence-electron chi connectivity index (χ0n) is 9.32. The summed E-state index contributed by atoms with van der Waals surface area (Å²) in [7, 11) is 1.13. The number of nitrogens with one attached hydrogen (secondary N) is 1. The molecule has 0 aromatic rings. The number of likely N-dealkylation sites (N-methyl/N-ethyl adjacent to an activating group) is 2. The standard InChI is InChI=1S/C8H18N2O4S/c1-9-5-6-10(2)15(12,13)7-4-8(11)14-3/h9H,4-7H2,1-3H3. The van der Waals surface area contributed by atoms with Gasteiger partial charge >= 0.3 is 5.97 Å². The molecule has 0 unspecified atom stereocenters. The quantitative estimate of drug-likeness (QED) is 0.578. The molecule has 0 fully saturated rings. The van der Waals surface area contributed by atoms with E-state index < -0.39 is 16.0 Å². The molecule has 0 rings (SSSR count). The van der Waals surface area contributed by atoms with Crippen molar-refractivity contribution >= 4 is 16.0 Å². The van der Waals surface area contributed by atoms with Gasteiger partial charge in [-0.2, -0.15) is 0 Å². The number of nitrogens with zero attached hydrogens (tertiary/aromatic N) is 1. The van der Waals surface area contributed by atoms with Gasteiger partial charge in [-0.15, -0.1) is 0 Å². The Hall–Kier alpha value is -0.660. The summed E-state index contributed by atoms with van der Waals surface area (Å²) in [5, 5.41) is 2.85. The average Bonchev–Trinajstić information content (AvgIpc) is 2.22. The fourth-order valence-electron chi connectivity index (χ4n) is 0.879. The van der Waals surface area contributed by atoms with Crippen molar-refractivity contribution in [2.24, 2.45) is 0 Å². The molecule has 0 radical (unpaired) electrons. The predicted molar refractivity (Wildman–Crippen MR) is 57.0 cm³/mol. The summed E-state index contributed by atoms with van der Waals surface area (Å²) in [6.07, 6.45) is -0.108. The number of ether oxygens (including phenoxy) is 1. The van der Waals surface area contributed by atoms with E-state index in [1.54, 1.807) is 7.05 Å². The number of carbonyl (C=O) groups is 1. The van der Waals surface area contributed by atoms with E-state index in [9.17, 15) is 13.2 Å². The maximum absolute atomic E-state index is 11.5. The Balaban J connectivity index is 4.11. The third kappa shape index (κ3) is 5.71. The van der Waals surface area contributed by atoms with E-state index in [0.29, 0.717) is 13.1 Å². The van der Waals surface area contributed by atoms with E-state index in [1.807, 2.05) is 0 Å². The Labute approximate surface area is 90.6 Å². The lowest BCUT2D eigenvalue weighted by Gasteiger charge is -2.16. The highest BCUT2D eigenvalue weighted by atomic mass is 32.2. The van der Waals surface area contributed by atoms with Crippen molar-refractivity contribution in [2.45, 2.75) is 6.42 Å². The molecule has 0 heterocycles. The number of methoxy groups -OCH3 is 1. The highest BCUT2D eigenvalue weighted by Gasteiger charge is 2.18. The van der Waals surface area contributed by atoms with E-state index in [1.165, 1.54) is 18.5 Å². The van der Waals surface area contributed by atoms with Crippen LogP contribution in [0.25, 0.3) is 0 Å². The van der Waals surface area contributed by atoms with E-state index in [2.05, 4.69) is 10.1 Å². The Morgan fingerprint density at radius 1 is 1.47 bits per heavy atom. The minimum absolute atomic E-state index is 0.108. The molecule has 15 heavy (non-hydrogen) atoms. The van der Waals surface area contributed by atoms with Gasteiger partial charge in [-0.3, -0.25) is 4.79 Å². The van der Waals surface area contributed by atoms with Crippen LogP contribution in [0.1, 0.15) is 6.42 Å². The first-order valence-corrected chi connectivity index (χ1v) is 6.20. The van der Waals surface area contributed by atoms with Crippen LogP contribution in [-0.4, -0.2) is 58.7 Å². The van der Waals surface area contributed by atoms with Crippen molar-refractivity contribution < 1.29 is 17.9 Å². The zero-order valence-corrected chi connectivity index (χ0v) is 10.1. The van der Waals surface area contributed by atoms with Gasteiger partial charge in [0.1, 0.15) is 0 Å². The number of hydrogen-bond donors (Lipinski definition) is 1. The van der Waals surface area contributed by atoms with Crippen molar-refractivity contribution in [3.63, 3.8) is 0 Å². The smallest absolute Gasteiger partial charge is 0.306 e. The maximum atomic E-state index is 11.5. The predicted octanol–water partition coefficient (Wildman–Crippen LogP) is -0.969. The van der Waals surface area contributed by atoms with Crippen LogP contribution in [-0.2, 0) is 19.6 Å². The van der Waals surface area contributed by atoms with Gasteiger partial charge < -0.3 is 10.1 Å². The lowest BCUT2D eigenvalue weighted by atomic mass is 10.5. The third-order valence-corrected chi connectivity index (χ3v) is 3.80. The molecule has 1 N–H and O–H groups in total. The van der Waals surface area contributed by atoms with Gasteiger partial charge in [-0.1, -0.05) is 0 Å². The van der Waals surface area contributed by atoms with Crippen LogP contribution in [0, 0.1) is 0 Å². The van der Waals surface area contributed by atoms with Crippen LogP contribution in [0.2, 0.25) is 0 Å². The van der Waals surface area contributed by atoms with Crippen molar-refractivity contribution in [1.29, 1.82) is 0 Å². The second-order valence-corrected chi connectivity index (χ2v) is 5.26. The summed E-state index contributed by atoms with van der Waals surface area (Å²) >= 11 is 0. The van der Waals surface area contributed by atoms with Gasteiger partial charge in [0.15, 0.2) is 0 Å². The lowest BCUT2D eigenvalue weighted by Crippen LogP contribution is -2.35. The van der Waals surface area contributed by atoms with E-state index in [0.717, 1.165) is 0 Å². The lowest BCUT2D eigenvalue weighted by molar-refractivity contribution is -0.140. The van der Waals surface area contributed by atoms with Crippen LogP contribution in [0.5, 0.6) is 0 Å². The third-order valence-electron chi connectivity index (χ3n) is 1.94. The molecule has 0 spiro atoms. The molecule has 0 bridgehead atoms. The summed E-state index contributed by atoms with van der Waals surface area (Å²) in [6.45, 7) is 0.966. The van der Waals surface area contributed by atoms with Crippen LogP contribution < -0.4 is 5.32 Å². The Bertz CT molecular complexity index is 289. The summed E-state index contributed by atoms with van der Waals surface area (Å²) in [6, 6.07) is 0. The second-order valence-electron chi connectivity index (χ2n) is 3.07. The fraction of sp³-hybridized carbons (Fsp3) is 0.875. The summed E-state index contributed by atoms with van der Waals surface area (Å²) in [5.74, 6) is -0.722. The molecular formula is C8H18N2O4S. The largest absolute Gasteiger partial charge is 0.469 e. The molecular weight excluding hydrogens is 220 g/mol. The van der Waals surface area contributed by atoms with Crippen LogP contribution in [0.4, 0.5) is 0 Å². The molecule has 0 amide bonds. The average molecular weight is 238 g/mol. The highest BCUT2D eigenvalue weighted by molar-refractivity contribution is 7.89. The van der Waals surface area contributed by atoms with Crippen molar-refractivity contribution in [1.82, 2.24) is 9.62 Å². The number of rotatable bonds is 7. The Morgan fingerprint density at radius 2 is 2.07 bits per heavy atom. The molecule has 0 saturated heterocycles. The number of hydrogen-bond acceptors (Lipinski definition) is 5. The Kier molecular flexibility index (Phi) is 6.46. The second kappa shape index (κ2) is 6.76. The molecule has 6 nitrogen and oxygen atoms in total. The SMILES string of the molecule is CNCCN(C)S(=O)(=O)CCC(=O)OC. The summed E-state index contributed by atoms with van der Waals surface area (Å²) in [4.78, 5) is 10.8. The van der Waals surface area contributed by atoms with Gasteiger partial charge in [-0.25, -0.2) is 12.7 Å². The Morgan fingerprint density at radius 3 is 2.53 bits per heavy atom. The van der Waals surface area contributed by atoms with Gasteiger partial charge in [0, 0.05) is 20.1 Å². The first-order chi connectivity index (χ1) is 6.94. The van der Waals surface area contributed by atoms with Crippen LogP contribution in [0.3, 0.4) is 0 Å². The highest BCUT2D eigenvalue weighted by Crippen LogP contribution is 2.00. The molecule has 0 saturated carbocycles. The minimum Gasteiger partial charge on any atom is -0.469 e. The number of carbonyl (C=O) groups excluding carboxylic acids is 1. The topological polar surface area (TPSA) is 75.7 Å².